The van der Waals surface area contributed by atoms with Gasteiger partial charge in [-0.1, -0.05) is 24.3 Å². The first-order valence-corrected chi connectivity index (χ1v) is 9.72. The number of phenols is 2. The molecule has 0 radical (unpaired) electrons. The van der Waals surface area contributed by atoms with Crippen LogP contribution in [0.1, 0.15) is 43.8 Å². The molecule has 164 valence electrons. The average Bonchev–Trinajstić information content (AvgIpc) is 2.78. The monoisotopic (exact) mass is 430 g/mol. The molecule has 1 aliphatic carbocycles. The molecule has 9 heteroatoms. The van der Waals surface area contributed by atoms with Crippen molar-refractivity contribution in [3.63, 3.8) is 0 Å². The molecule has 0 unspecified atom stereocenters. The minimum absolute atomic E-state index is 0.0843. The van der Waals surface area contributed by atoms with Crippen molar-refractivity contribution in [3.05, 3.63) is 58.1 Å². The Kier molecular flexibility index (Phi) is 5.78. The van der Waals surface area contributed by atoms with Crippen LogP contribution >= 0.6 is 0 Å². The Labute approximate surface area is 177 Å². The van der Waals surface area contributed by atoms with Crippen LogP contribution in [0, 0.1) is 0 Å². The Morgan fingerprint density at radius 2 is 1.74 bits per heavy atom. The fourth-order valence-electron chi connectivity index (χ4n) is 4.00. The number of aliphatic hydroxyl groups excluding tert-OH is 2. The van der Waals surface area contributed by atoms with Crippen LogP contribution in [0.5, 0.6) is 11.5 Å². The van der Waals surface area contributed by atoms with E-state index in [1.807, 2.05) is 0 Å². The van der Waals surface area contributed by atoms with E-state index < -0.39 is 54.3 Å². The molecule has 9 nitrogen and oxygen atoms in total. The second-order valence-corrected chi connectivity index (χ2v) is 7.46. The second kappa shape index (κ2) is 8.37. The van der Waals surface area contributed by atoms with Gasteiger partial charge >= 0.3 is 0 Å². The molecule has 0 spiro atoms. The summed E-state index contributed by atoms with van der Waals surface area (Å²) < 4.78 is 16.4. The molecule has 1 heterocycles. The number of ether oxygens (including phenoxy) is 3. The van der Waals surface area contributed by atoms with Crippen molar-refractivity contribution >= 4 is 11.6 Å². The molecule has 0 bridgehead atoms. The number of aliphatic hydroxyl groups is 2. The molecular weight excluding hydrogens is 408 g/mol. The van der Waals surface area contributed by atoms with E-state index in [0.29, 0.717) is 0 Å². The number of rotatable bonds is 5. The van der Waals surface area contributed by atoms with Gasteiger partial charge in [-0.15, -0.1) is 0 Å². The molecule has 2 aromatic carbocycles. The lowest BCUT2D eigenvalue weighted by molar-refractivity contribution is -0.263. The van der Waals surface area contributed by atoms with Crippen LogP contribution in [0.4, 0.5) is 0 Å². The number of carbonyl (C=O) groups is 2. The van der Waals surface area contributed by atoms with Crippen molar-refractivity contribution in [1.29, 1.82) is 0 Å². The summed E-state index contributed by atoms with van der Waals surface area (Å²) in [6, 6.07) is 7.37. The van der Waals surface area contributed by atoms with Gasteiger partial charge in [-0.3, -0.25) is 9.59 Å². The molecule has 1 saturated heterocycles. The molecule has 1 fully saturated rings. The molecule has 4 rings (SSSR count). The molecule has 4 atom stereocenters. The van der Waals surface area contributed by atoms with Gasteiger partial charge in [-0.25, -0.2) is 0 Å². The number of ketones is 2. The molecule has 4 N–H and O–H groups in total. The minimum atomic E-state index is -1.03. The lowest BCUT2D eigenvalue weighted by Crippen LogP contribution is -2.51. The van der Waals surface area contributed by atoms with E-state index in [0.717, 1.165) is 0 Å². The number of benzene rings is 2. The summed E-state index contributed by atoms with van der Waals surface area (Å²) in [4.78, 5) is 25.7. The number of fused-ring (bicyclic) bond motifs is 2. The Morgan fingerprint density at radius 3 is 2.35 bits per heavy atom. The van der Waals surface area contributed by atoms with Gasteiger partial charge in [-0.2, -0.15) is 0 Å². The molecule has 31 heavy (non-hydrogen) atoms. The molecule has 0 saturated carbocycles. The van der Waals surface area contributed by atoms with E-state index in [4.69, 9.17) is 14.2 Å². The number of hydrogen-bond donors (Lipinski definition) is 4. The summed E-state index contributed by atoms with van der Waals surface area (Å²) in [5.74, 6) is -2.03. The van der Waals surface area contributed by atoms with E-state index in [1.54, 1.807) is 12.1 Å². The van der Waals surface area contributed by atoms with Crippen LogP contribution in [0.3, 0.4) is 0 Å². The van der Waals surface area contributed by atoms with Gasteiger partial charge in [0.05, 0.1) is 30.4 Å². The fourth-order valence-corrected chi connectivity index (χ4v) is 4.00. The van der Waals surface area contributed by atoms with Crippen molar-refractivity contribution in [2.24, 2.45) is 0 Å². The van der Waals surface area contributed by atoms with Gasteiger partial charge in [0, 0.05) is 30.2 Å². The van der Waals surface area contributed by atoms with Crippen LogP contribution < -0.4 is 0 Å². The number of hydrogen-bond acceptors (Lipinski definition) is 9. The van der Waals surface area contributed by atoms with Crippen molar-refractivity contribution in [2.75, 3.05) is 13.7 Å². The highest BCUT2D eigenvalue weighted by molar-refractivity contribution is 6.30. The SMILES string of the molecule is CO[C@H]1C[C@@H](OCc2cc(O)c3c(c2O)C(=O)c2ccccc2C3=O)O[C@@H](CO)[C@@H]1O. The van der Waals surface area contributed by atoms with E-state index in [2.05, 4.69) is 0 Å². The maximum Gasteiger partial charge on any atom is 0.198 e. The van der Waals surface area contributed by atoms with Gasteiger partial charge in [0.25, 0.3) is 0 Å². The topological polar surface area (TPSA) is 143 Å². The van der Waals surface area contributed by atoms with Crippen LogP contribution in [-0.2, 0) is 20.8 Å². The van der Waals surface area contributed by atoms with Gasteiger partial charge in [0.1, 0.15) is 23.7 Å². The smallest absolute Gasteiger partial charge is 0.198 e. The van der Waals surface area contributed by atoms with Crippen molar-refractivity contribution < 1.29 is 44.2 Å². The number of carbonyl (C=O) groups excluding carboxylic acids is 2. The minimum Gasteiger partial charge on any atom is -0.507 e. The quantitative estimate of drug-likeness (QED) is 0.434. The highest BCUT2D eigenvalue weighted by Gasteiger charge is 2.39. The highest BCUT2D eigenvalue weighted by Crippen LogP contribution is 2.40. The van der Waals surface area contributed by atoms with E-state index in [1.165, 1.54) is 25.3 Å². The third-order valence-corrected chi connectivity index (χ3v) is 5.65. The third-order valence-electron chi connectivity index (χ3n) is 5.65. The zero-order valence-electron chi connectivity index (χ0n) is 16.6. The van der Waals surface area contributed by atoms with Crippen LogP contribution in [0.15, 0.2) is 30.3 Å². The Morgan fingerprint density at radius 1 is 1.10 bits per heavy atom. The molecule has 2 aromatic rings. The van der Waals surface area contributed by atoms with Gasteiger partial charge < -0.3 is 34.6 Å². The van der Waals surface area contributed by atoms with Crippen molar-refractivity contribution in [3.8, 4) is 11.5 Å². The van der Waals surface area contributed by atoms with Crippen LogP contribution in [0.25, 0.3) is 0 Å². The van der Waals surface area contributed by atoms with Crippen molar-refractivity contribution in [2.45, 2.75) is 37.6 Å². The lowest BCUT2D eigenvalue weighted by Gasteiger charge is -2.37. The zero-order valence-corrected chi connectivity index (χ0v) is 16.6. The molecular formula is C22H22O9. The predicted octanol–water partition coefficient (Wildman–Crippen LogP) is 0.873. The average molecular weight is 430 g/mol. The maximum absolute atomic E-state index is 12.9. The van der Waals surface area contributed by atoms with E-state index in [-0.39, 0.29) is 40.8 Å². The number of methoxy groups -OCH3 is 1. The standard InChI is InChI=1S/C22H22O9/c1-29-14-7-16(31-15(8-23)22(14)28)30-9-10-6-13(24)17-18(19(10)25)21(27)12-5-3-2-4-11(12)20(17)26/h2-6,14-16,22-25,28H,7-9H2,1H3/t14-,15-,16-,22+/m0/s1. The van der Waals surface area contributed by atoms with Gasteiger partial charge in [-0.05, 0) is 6.07 Å². The summed E-state index contributed by atoms with van der Waals surface area (Å²) in [5.41, 5.74) is -0.132. The second-order valence-electron chi connectivity index (χ2n) is 7.46. The lowest BCUT2D eigenvalue weighted by atomic mass is 9.82. The van der Waals surface area contributed by atoms with Crippen molar-refractivity contribution in [1.82, 2.24) is 0 Å². The van der Waals surface area contributed by atoms with E-state index >= 15 is 0 Å². The summed E-state index contributed by atoms with van der Waals surface area (Å²) in [5, 5.41) is 40.6. The number of phenolic OH excluding ortho intramolecular Hbond substituents is 2. The van der Waals surface area contributed by atoms with Crippen LogP contribution in [-0.4, -0.2) is 70.3 Å². The molecule has 0 aromatic heterocycles. The Balaban J connectivity index is 1.61. The largest absolute Gasteiger partial charge is 0.507 e. The first-order valence-electron chi connectivity index (χ1n) is 9.72. The summed E-state index contributed by atoms with van der Waals surface area (Å²) in [7, 11) is 1.42. The van der Waals surface area contributed by atoms with Gasteiger partial charge in [0.2, 0.25) is 0 Å². The molecule has 2 aliphatic rings. The highest BCUT2D eigenvalue weighted by atomic mass is 16.7. The number of aromatic hydroxyl groups is 2. The van der Waals surface area contributed by atoms with Crippen LogP contribution in [0.2, 0.25) is 0 Å². The molecule has 1 aliphatic heterocycles. The normalized spacial score (nSPS) is 25.3. The zero-order chi connectivity index (χ0) is 22.3. The first-order chi connectivity index (χ1) is 14.9. The summed E-state index contributed by atoms with van der Waals surface area (Å²) in [6.45, 7) is -0.701. The summed E-state index contributed by atoms with van der Waals surface area (Å²) in [6.07, 6.45) is -3.28. The predicted molar refractivity (Wildman–Crippen MR) is 105 cm³/mol. The Bertz CT molecular complexity index is 1020. The maximum atomic E-state index is 12.9. The van der Waals surface area contributed by atoms with Gasteiger partial charge in [0.15, 0.2) is 17.9 Å². The fraction of sp³-hybridized carbons (Fsp3) is 0.364. The third kappa shape index (κ3) is 3.60. The molecule has 0 amide bonds. The summed E-state index contributed by atoms with van der Waals surface area (Å²) >= 11 is 0. The first kappa shape index (κ1) is 21.4. The Hall–Kier alpha value is -2.82. The van der Waals surface area contributed by atoms with E-state index in [9.17, 15) is 30.0 Å².